The Balaban J connectivity index is 1.20. The number of fused-ring (bicyclic) bond motifs is 1. The molecule has 2 heterocycles. The normalized spacial score (nSPS) is 23.6. The number of piperidine rings is 1. The lowest BCUT2D eigenvalue weighted by Crippen LogP contribution is -2.47. The molecule has 5 rings (SSSR count). The molecule has 1 aliphatic carbocycles. The maximum Gasteiger partial charge on any atom is 0.253 e. The summed E-state index contributed by atoms with van der Waals surface area (Å²) in [6.07, 6.45) is 5.69. The molecule has 2 fully saturated rings. The Morgan fingerprint density at radius 1 is 0.972 bits per heavy atom. The Bertz CT molecular complexity index is 1240. The van der Waals surface area contributed by atoms with Gasteiger partial charge in [0.2, 0.25) is 0 Å². The Morgan fingerprint density at radius 2 is 1.67 bits per heavy atom. The maximum absolute atomic E-state index is 13.1. The van der Waals surface area contributed by atoms with Gasteiger partial charge < -0.3 is 19.5 Å². The van der Waals surface area contributed by atoms with Gasteiger partial charge in [0.25, 0.3) is 5.91 Å². The van der Waals surface area contributed by atoms with Gasteiger partial charge in [-0.15, -0.1) is 0 Å². The van der Waals surface area contributed by atoms with Crippen molar-refractivity contribution in [3.63, 3.8) is 0 Å². The number of allylic oxidation sites excluding steroid dienone is 2. The Kier molecular flexibility index (Phi) is 7.12. The molecule has 1 amide bonds. The van der Waals surface area contributed by atoms with Crippen molar-refractivity contribution in [2.75, 3.05) is 26.3 Å². The predicted octanol–water partition coefficient (Wildman–Crippen LogP) is 3.05. The fraction of sp³-hybridized carbons (Fsp3) is 0.393. The summed E-state index contributed by atoms with van der Waals surface area (Å²) >= 11 is 0. The Hall–Kier alpha value is -2.78. The highest BCUT2D eigenvalue weighted by molar-refractivity contribution is 7.94. The lowest BCUT2D eigenvalue weighted by molar-refractivity contribution is -0.104. The maximum atomic E-state index is 13.1. The molecule has 2 atom stereocenters. The van der Waals surface area contributed by atoms with Crippen LogP contribution in [0.5, 0.6) is 0 Å². The third kappa shape index (κ3) is 5.47. The van der Waals surface area contributed by atoms with Gasteiger partial charge in [-0.3, -0.25) is 4.79 Å². The average Bonchev–Trinajstić information content (AvgIpc) is 2.89. The van der Waals surface area contributed by atoms with Crippen molar-refractivity contribution < 1.29 is 27.8 Å². The number of carbonyl (C=O) groups excluding carboxylic acids is 1. The van der Waals surface area contributed by atoms with Crippen molar-refractivity contribution in [2.24, 2.45) is 0 Å². The SMILES string of the molecule is O=C(c1ccc(CS(=O)(=O)C2=CC=CC3OCCOC23)cc1)N1CCC(O)(Cc2ccccc2)CC1. The molecular weight excluding hydrogens is 478 g/mol. The molecule has 2 aromatic rings. The molecule has 2 saturated heterocycles. The van der Waals surface area contributed by atoms with Gasteiger partial charge in [0.05, 0.1) is 29.5 Å². The summed E-state index contributed by atoms with van der Waals surface area (Å²) in [6, 6.07) is 16.6. The minimum atomic E-state index is -3.62. The van der Waals surface area contributed by atoms with E-state index in [0.717, 1.165) is 5.56 Å². The summed E-state index contributed by atoms with van der Waals surface area (Å²) in [4.78, 5) is 15.0. The fourth-order valence-corrected chi connectivity index (χ4v) is 6.72. The van der Waals surface area contributed by atoms with Crippen LogP contribution in [0.25, 0.3) is 0 Å². The number of sulfone groups is 1. The summed E-state index contributed by atoms with van der Waals surface area (Å²) in [6.45, 7) is 1.76. The molecule has 0 radical (unpaired) electrons. The van der Waals surface area contributed by atoms with Crippen LogP contribution >= 0.6 is 0 Å². The van der Waals surface area contributed by atoms with E-state index in [-0.39, 0.29) is 22.7 Å². The monoisotopic (exact) mass is 509 g/mol. The highest BCUT2D eigenvalue weighted by Gasteiger charge is 2.37. The quantitative estimate of drug-likeness (QED) is 0.644. The largest absolute Gasteiger partial charge is 0.389 e. The van der Waals surface area contributed by atoms with E-state index in [2.05, 4.69) is 0 Å². The van der Waals surface area contributed by atoms with Gasteiger partial charge in [-0.2, -0.15) is 0 Å². The molecule has 190 valence electrons. The van der Waals surface area contributed by atoms with Crippen LogP contribution in [-0.4, -0.2) is 68.4 Å². The molecule has 36 heavy (non-hydrogen) atoms. The number of hydrogen-bond acceptors (Lipinski definition) is 6. The second-order valence-corrected chi connectivity index (χ2v) is 11.7. The second-order valence-electron chi connectivity index (χ2n) is 9.72. The van der Waals surface area contributed by atoms with Gasteiger partial charge in [0, 0.05) is 25.1 Å². The highest BCUT2D eigenvalue weighted by Crippen LogP contribution is 2.30. The molecule has 1 N–H and O–H groups in total. The lowest BCUT2D eigenvalue weighted by Gasteiger charge is -2.38. The highest BCUT2D eigenvalue weighted by atomic mass is 32.2. The molecular formula is C28H31NO6S. The van der Waals surface area contributed by atoms with Crippen molar-refractivity contribution in [3.8, 4) is 0 Å². The van der Waals surface area contributed by atoms with Gasteiger partial charge in [0.15, 0.2) is 9.84 Å². The van der Waals surface area contributed by atoms with E-state index in [9.17, 15) is 18.3 Å². The van der Waals surface area contributed by atoms with Crippen LogP contribution in [0, 0.1) is 0 Å². The van der Waals surface area contributed by atoms with Crippen LogP contribution in [0.4, 0.5) is 0 Å². The van der Waals surface area contributed by atoms with Gasteiger partial charge >= 0.3 is 0 Å². The lowest BCUT2D eigenvalue weighted by atomic mass is 9.85. The predicted molar refractivity (Wildman–Crippen MR) is 136 cm³/mol. The minimum absolute atomic E-state index is 0.109. The van der Waals surface area contributed by atoms with Gasteiger partial charge in [-0.05, 0) is 42.2 Å². The zero-order chi connectivity index (χ0) is 25.2. The number of hydrogen-bond donors (Lipinski definition) is 1. The first-order valence-electron chi connectivity index (χ1n) is 12.3. The topological polar surface area (TPSA) is 93.1 Å². The molecule has 7 nitrogen and oxygen atoms in total. The van der Waals surface area contributed by atoms with E-state index in [1.807, 2.05) is 36.4 Å². The molecule has 0 aromatic heterocycles. The summed E-state index contributed by atoms with van der Waals surface area (Å²) in [5, 5.41) is 11.0. The van der Waals surface area contributed by atoms with E-state index >= 15 is 0 Å². The Morgan fingerprint density at radius 3 is 2.39 bits per heavy atom. The minimum Gasteiger partial charge on any atom is -0.389 e. The zero-order valence-electron chi connectivity index (χ0n) is 20.1. The smallest absolute Gasteiger partial charge is 0.253 e. The third-order valence-corrected chi connectivity index (χ3v) is 8.91. The van der Waals surface area contributed by atoms with Gasteiger partial charge in [-0.1, -0.05) is 54.6 Å². The molecule has 3 aliphatic rings. The molecule has 2 aromatic carbocycles. The van der Waals surface area contributed by atoms with E-state index in [4.69, 9.17) is 9.47 Å². The zero-order valence-corrected chi connectivity index (χ0v) is 20.9. The van der Waals surface area contributed by atoms with Crippen LogP contribution in [0.2, 0.25) is 0 Å². The van der Waals surface area contributed by atoms with Crippen molar-refractivity contribution in [1.29, 1.82) is 0 Å². The number of ether oxygens (including phenoxy) is 2. The number of nitrogens with zero attached hydrogens (tertiary/aromatic N) is 1. The first-order chi connectivity index (χ1) is 17.3. The number of rotatable bonds is 6. The molecule has 0 spiro atoms. The first kappa shape index (κ1) is 24.9. The second kappa shape index (κ2) is 10.3. The van der Waals surface area contributed by atoms with Crippen molar-refractivity contribution in [3.05, 3.63) is 94.4 Å². The molecule has 0 bridgehead atoms. The van der Waals surface area contributed by atoms with Crippen LogP contribution in [0.15, 0.2) is 77.7 Å². The molecule has 0 saturated carbocycles. The van der Waals surface area contributed by atoms with Crippen LogP contribution < -0.4 is 0 Å². The Labute approximate surface area is 211 Å². The van der Waals surface area contributed by atoms with E-state index in [1.165, 1.54) is 0 Å². The first-order valence-corrected chi connectivity index (χ1v) is 14.0. The summed E-state index contributed by atoms with van der Waals surface area (Å²) in [7, 11) is -3.62. The van der Waals surface area contributed by atoms with Crippen molar-refractivity contribution >= 4 is 15.7 Å². The number of likely N-dealkylation sites (tertiary alicyclic amines) is 1. The summed E-state index contributed by atoms with van der Waals surface area (Å²) in [5.74, 6) is -0.286. The van der Waals surface area contributed by atoms with Crippen LogP contribution in [0.3, 0.4) is 0 Å². The van der Waals surface area contributed by atoms with E-state index in [0.29, 0.717) is 56.7 Å². The number of amides is 1. The number of aliphatic hydroxyl groups is 1. The van der Waals surface area contributed by atoms with Crippen LogP contribution in [0.1, 0.15) is 34.3 Å². The molecule has 2 unspecified atom stereocenters. The van der Waals surface area contributed by atoms with Gasteiger partial charge in [-0.25, -0.2) is 8.42 Å². The van der Waals surface area contributed by atoms with Crippen molar-refractivity contribution in [1.82, 2.24) is 4.90 Å². The molecule has 2 aliphatic heterocycles. The van der Waals surface area contributed by atoms with Crippen LogP contribution in [-0.2, 0) is 31.5 Å². The standard InChI is InChI=1S/C28H31NO6S/c30-27(29-15-13-28(31,14-16-29)19-21-5-2-1-3-6-21)23-11-9-22(10-12-23)20-36(32,33)25-8-4-7-24-26(25)35-18-17-34-24/h1-12,24,26,31H,13-20H2. The average molecular weight is 510 g/mol. The summed E-state index contributed by atoms with van der Waals surface area (Å²) < 4.78 is 37.6. The summed E-state index contributed by atoms with van der Waals surface area (Å²) in [5.41, 5.74) is 1.38. The third-order valence-electron chi connectivity index (χ3n) is 7.11. The van der Waals surface area contributed by atoms with E-state index < -0.39 is 21.5 Å². The number of carbonyl (C=O) groups is 1. The molecule has 8 heteroatoms. The van der Waals surface area contributed by atoms with Crippen molar-refractivity contribution in [2.45, 2.75) is 42.8 Å². The number of benzene rings is 2. The van der Waals surface area contributed by atoms with Gasteiger partial charge in [0.1, 0.15) is 12.2 Å². The fourth-order valence-electron chi connectivity index (χ4n) is 5.08. The van der Waals surface area contributed by atoms with E-state index in [1.54, 1.807) is 41.3 Å².